The van der Waals surface area contributed by atoms with Crippen LogP contribution >= 0.6 is 24.2 Å². The van der Waals surface area contributed by atoms with Gasteiger partial charge < -0.3 is 9.84 Å². The van der Waals surface area contributed by atoms with Crippen LogP contribution in [0.5, 0.6) is 0 Å². The second-order valence-electron chi connectivity index (χ2n) is 2.79. The summed E-state index contributed by atoms with van der Waals surface area (Å²) in [6, 6.07) is 0. The van der Waals surface area contributed by atoms with Crippen molar-refractivity contribution in [1.29, 1.82) is 0 Å². The zero-order valence-electron chi connectivity index (χ0n) is 8.02. The number of hydrogen-bond donors (Lipinski definition) is 1. The summed E-state index contributed by atoms with van der Waals surface area (Å²) in [7, 11) is 0. The van der Waals surface area contributed by atoms with Gasteiger partial charge in [0, 0.05) is 5.75 Å². The fourth-order valence-corrected chi connectivity index (χ4v) is 1.82. The maximum absolute atomic E-state index is 11.6. The molecule has 5 nitrogen and oxygen atoms in total. The number of aryl methyl sites for hydroxylation is 1. The molecule has 0 saturated heterocycles. The quantitative estimate of drug-likeness (QED) is 0.811. The highest BCUT2D eigenvalue weighted by Crippen LogP contribution is 2.11. The molecule has 0 aromatic carbocycles. The van der Waals surface area contributed by atoms with Gasteiger partial charge in [0.25, 0.3) is 5.91 Å². The Bertz CT molecular complexity index is 391. The minimum atomic E-state index is -0.211. The molecule has 0 unspecified atom stereocenters. The van der Waals surface area contributed by atoms with Crippen LogP contribution in [0.1, 0.15) is 16.1 Å². The van der Waals surface area contributed by atoms with Crippen LogP contribution < -0.4 is 5.32 Å². The van der Waals surface area contributed by atoms with Crippen molar-refractivity contribution in [1.82, 2.24) is 10.5 Å². The number of carbonyl (C=O) groups is 1. The van der Waals surface area contributed by atoms with Gasteiger partial charge in [-0.25, -0.2) is 0 Å². The molecule has 2 rings (SSSR count). The molecule has 0 saturated carbocycles. The van der Waals surface area contributed by atoms with Crippen LogP contribution in [0, 0.1) is 6.92 Å². The Morgan fingerprint density at radius 1 is 1.67 bits per heavy atom. The Kier molecular flexibility index (Phi) is 4.16. The first-order valence-corrected chi connectivity index (χ1v) is 5.16. The van der Waals surface area contributed by atoms with E-state index < -0.39 is 0 Å². The average Bonchev–Trinajstić information content (AvgIpc) is 2.75. The highest BCUT2D eigenvalue weighted by atomic mass is 35.5. The van der Waals surface area contributed by atoms with Crippen molar-refractivity contribution < 1.29 is 9.32 Å². The first-order chi connectivity index (χ1) is 6.77. The summed E-state index contributed by atoms with van der Waals surface area (Å²) in [6.45, 7) is 2.47. The second kappa shape index (κ2) is 5.18. The summed E-state index contributed by atoms with van der Waals surface area (Å²) >= 11 is 1.54. The fraction of sp³-hybridized carbons (Fsp3) is 0.375. The molecular weight excluding hydrogens is 238 g/mol. The molecule has 0 atom stereocenters. The Morgan fingerprint density at radius 3 is 3.00 bits per heavy atom. The largest absolute Gasteiger partial charge is 0.361 e. The summed E-state index contributed by atoms with van der Waals surface area (Å²) in [5, 5.41) is 6.91. The maximum Gasteiger partial charge on any atom is 0.262 e. The standard InChI is InChI=1S/C8H9N3O2S.ClH/c1-5-6(4-10-13-5)7(12)11-8-9-2-3-14-8;/h4H,2-3H2,1H3,(H,9,11,12);1H. The van der Waals surface area contributed by atoms with E-state index in [9.17, 15) is 4.79 Å². The lowest BCUT2D eigenvalue weighted by molar-refractivity contribution is 0.0976. The van der Waals surface area contributed by atoms with Crippen LogP contribution in [0.25, 0.3) is 0 Å². The number of aliphatic imine (C=N–C) groups is 1. The van der Waals surface area contributed by atoms with Crippen molar-refractivity contribution in [3.63, 3.8) is 0 Å². The van der Waals surface area contributed by atoms with E-state index in [2.05, 4.69) is 15.5 Å². The Hall–Kier alpha value is -1.01. The lowest BCUT2D eigenvalue weighted by atomic mass is 10.3. The molecule has 0 aliphatic carbocycles. The highest BCUT2D eigenvalue weighted by molar-refractivity contribution is 8.14. The molecule has 1 aromatic rings. The molecule has 1 N–H and O–H groups in total. The SMILES string of the molecule is Cc1oncc1C(=O)NC1=NCCS1.Cl. The summed E-state index contributed by atoms with van der Waals surface area (Å²) in [5.41, 5.74) is 0.459. The van der Waals surface area contributed by atoms with Crippen LogP contribution in [0.15, 0.2) is 15.7 Å². The number of carbonyl (C=O) groups excluding carboxylic acids is 1. The number of rotatable bonds is 1. The van der Waals surface area contributed by atoms with E-state index in [0.29, 0.717) is 16.5 Å². The zero-order valence-corrected chi connectivity index (χ0v) is 9.65. The van der Waals surface area contributed by atoms with E-state index in [0.717, 1.165) is 12.3 Å². The van der Waals surface area contributed by atoms with Crippen molar-refractivity contribution in [3.05, 3.63) is 17.5 Å². The molecule has 0 fully saturated rings. The molecular formula is C8H10ClN3O2S. The monoisotopic (exact) mass is 247 g/mol. The predicted octanol–water partition coefficient (Wildman–Crippen LogP) is 1.24. The smallest absolute Gasteiger partial charge is 0.262 e. The van der Waals surface area contributed by atoms with Crippen LogP contribution in [-0.2, 0) is 0 Å². The predicted molar refractivity (Wildman–Crippen MR) is 60.7 cm³/mol. The van der Waals surface area contributed by atoms with Gasteiger partial charge in [-0.05, 0) is 6.92 Å². The van der Waals surface area contributed by atoms with Gasteiger partial charge in [0.05, 0.1) is 12.7 Å². The van der Waals surface area contributed by atoms with E-state index in [-0.39, 0.29) is 18.3 Å². The molecule has 2 heterocycles. The highest BCUT2D eigenvalue weighted by Gasteiger charge is 2.16. The Morgan fingerprint density at radius 2 is 2.47 bits per heavy atom. The van der Waals surface area contributed by atoms with Gasteiger partial charge in [-0.3, -0.25) is 9.79 Å². The van der Waals surface area contributed by atoms with Gasteiger partial charge in [0.15, 0.2) is 5.17 Å². The average molecular weight is 248 g/mol. The van der Waals surface area contributed by atoms with Gasteiger partial charge in [-0.1, -0.05) is 16.9 Å². The van der Waals surface area contributed by atoms with Crippen LogP contribution in [-0.4, -0.2) is 28.5 Å². The number of aromatic nitrogens is 1. The third-order valence-electron chi connectivity index (χ3n) is 1.80. The first-order valence-electron chi connectivity index (χ1n) is 4.17. The number of amidine groups is 1. The number of thioether (sulfide) groups is 1. The van der Waals surface area contributed by atoms with Gasteiger partial charge in [0.2, 0.25) is 0 Å². The van der Waals surface area contributed by atoms with Gasteiger partial charge in [0.1, 0.15) is 11.3 Å². The number of hydrogen-bond acceptors (Lipinski definition) is 5. The first kappa shape index (κ1) is 12.1. The molecule has 82 valence electrons. The Labute approximate surface area is 97.1 Å². The summed E-state index contributed by atoms with van der Waals surface area (Å²) < 4.78 is 4.79. The molecule has 1 aromatic heterocycles. The van der Waals surface area contributed by atoms with Crippen molar-refractivity contribution >= 4 is 35.2 Å². The van der Waals surface area contributed by atoms with Crippen LogP contribution in [0.3, 0.4) is 0 Å². The van der Waals surface area contributed by atoms with Crippen molar-refractivity contribution in [3.8, 4) is 0 Å². The van der Waals surface area contributed by atoms with E-state index in [4.69, 9.17) is 4.52 Å². The number of halogens is 1. The minimum absolute atomic E-state index is 0. The lowest BCUT2D eigenvalue weighted by Crippen LogP contribution is -2.27. The van der Waals surface area contributed by atoms with Crippen molar-refractivity contribution in [2.75, 3.05) is 12.3 Å². The van der Waals surface area contributed by atoms with E-state index in [1.807, 2.05) is 0 Å². The molecule has 0 radical (unpaired) electrons. The second-order valence-corrected chi connectivity index (χ2v) is 3.87. The normalized spacial score (nSPS) is 14.3. The Balaban J connectivity index is 0.00000112. The van der Waals surface area contributed by atoms with Gasteiger partial charge in [-0.2, -0.15) is 0 Å². The van der Waals surface area contributed by atoms with Crippen LogP contribution in [0.4, 0.5) is 0 Å². The minimum Gasteiger partial charge on any atom is -0.361 e. The van der Waals surface area contributed by atoms with E-state index >= 15 is 0 Å². The molecule has 0 bridgehead atoms. The zero-order chi connectivity index (χ0) is 9.97. The summed E-state index contributed by atoms with van der Waals surface area (Å²) in [5.74, 6) is 1.24. The third-order valence-corrected chi connectivity index (χ3v) is 2.69. The van der Waals surface area contributed by atoms with Crippen molar-refractivity contribution in [2.24, 2.45) is 4.99 Å². The molecule has 7 heteroatoms. The lowest BCUT2D eigenvalue weighted by Gasteiger charge is -2.00. The topological polar surface area (TPSA) is 67.5 Å². The van der Waals surface area contributed by atoms with E-state index in [1.165, 1.54) is 6.20 Å². The number of amides is 1. The molecule has 0 spiro atoms. The van der Waals surface area contributed by atoms with E-state index in [1.54, 1.807) is 18.7 Å². The fourth-order valence-electron chi connectivity index (χ4n) is 1.09. The van der Waals surface area contributed by atoms with Crippen LogP contribution in [0.2, 0.25) is 0 Å². The number of nitrogens with one attached hydrogen (secondary N) is 1. The summed E-state index contributed by atoms with van der Waals surface area (Å²) in [4.78, 5) is 15.7. The summed E-state index contributed by atoms with van der Waals surface area (Å²) in [6.07, 6.45) is 1.41. The maximum atomic E-state index is 11.6. The number of nitrogens with zero attached hydrogens (tertiary/aromatic N) is 2. The third kappa shape index (κ3) is 2.73. The molecule has 1 aliphatic heterocycles. The molecule has 15 heavy (non-hydrogen) atoms. The molecule has 1 aliphatic rings. The van der Waals surface area contributed by atoms with Gasteiger partial charge in [-0.15, -0.1) is 12.4 Å². The van der Waals surface area contributed by atoms with Crippen molar-refractivity contribution in [2.45, 2.75) is 6.92 Å². The van der Waals surface area contributed by atoms with Gasteiger partial charge >= 0.3 is 0 Å². The molecule has 1 amide bonds.